The number of aromatic nitrogens is 3. The van der Waals surface area contributed by atoms with E-state index in [1.165, 1.54) is 6.20 Å². The van der Waals surface area contributed by atoms with Crippen molar-refractivity contribution in [1.29, 1.82) is 5.26 Å². The quantitative estimate of drug-likeness (QED) is 0.893. The van der Waals surface area contributed by atoms with Crippen LogP contribution in [0.4, 0.5) is 11.6 Å². The van der Waals surface area contributed by atoms with Crippen molar-refractivity contribution < 1.29 is 0 Å². The first-order valence-corrected chi connectivity index (χ1v) is 8.17. The molecule has 124 valence electrons. The van der Waals surface area contributed by atoms with Crippen molar-refractivity contribution in [3.8, 4) is 6.07 Å². The molecule has 7 heteroatoms. The Balaban J connectivity index is 1.58. The van der Waals surface area contributed by atoms with E-state index in [2.05, 4.69) is 49.1 Å². The summed E-state index contributed by atoms with van der Waals surface area (Å²) < 4.78 is 0. The summed E-state index contributed by atoms with van der Waals surface area (Å²) in [5.41, 5.74) is 1.34. The zero-order chi connectivity index (χ0) is 16.8. The van der Waals surface area contributed by atoms with Crippen LogP contribution in [0, 0.1) is 11.3 Å². The number of hydrogen-bond donors (Lipinski definition) is 1. The van der Waals surface area contributed by atoms with Gasteiger partial charge in [-0.3, -0.25) is 0 Å². The first-order valence-electron chi connectivity index (χ1n) is 8.17. The molecule has 1 fully saturated rings. The molecule has 1 aliphatic heterocycles. The lowest BCUT2D eigenvalue weighted by Gasteiger charge is -2.34. The molecule has 2 aromatic rings. The summed E-state index contributed by atoms with van der Waals surface area (Å²) in [5.74, 6) is 1.52. The van der Waals surface area contributed by atoms with Crippen molar-refractivity contribution in [2.75, 3.05) is 42.9 Å². The van der Waals surface area contributed by atoms with E-state index >= 15 is 0 Å². The lowest BCUT2D eigenvalue weighted by atomic mass is 10.2. The highest BCUT2D eigenvalue weighted by Crippen LogP contribution is 2.15. The molecule has 1 saturated heterocycles. The molecule has 3 heterocycles. The Morgan fingerprint density at radius 1 is 1.12 bits per heavy atom. The molecular weight excluding hydrogens is 302 g/mol. The standard InChI is InChI=1S/C17H21N7/c1-2-23-7-9-24(10-8-23)16-4-3-14(12-21-16)13-22-17-15(11-18)19-5-6-20-17/h3-6,12H,2,7-10,13H2,1H3,(H,20,22). The van der Waals surface area contributed by atoms with Crippen LogP contribution < -0.4 is 10.2 Å². The third-order valence-corrected chi connectivity index (χ3v) is 4.22. The van der Waals surface area contributed by atoms with Crippen LogP contribution in [0.5, 0.6) is 0 Å². The highest BCUT2D eigenvalue weighted by Gasteiger charge is 2.16. The number of rotatable bonds is 5. The molecule has 0 saturated carbocycles. The van der Waals surface area contributed by atoms with Gasteiger partial charge in [0.1, 0.15) is 11.9 Å². The van der Waals surface area contributed by atoms with E-state index in [0.29, 0.717) is 18.1 Å². The molecule has 0 atom stereocenters. The number of anilines is 2. The first kappa shape index (κ1) is 16.1. The maximum atomic E-state index is 9.02. The molecule has 0 spiro atoms. The number of pyridine rings is 1. The monoisotopic (exact) mass is 323 g/mol. The van der Waals surface area contributed by atoms with Crippen molar-refractivity contribution in [3.05, 3.63) is 42.0 Å². The van der Waals surface area contributed by atoms with Gasteiger partial charge in [-0.2, -0.15) is 5.26 Å². The van der Waals surface area contributed by atoms with E-state index in [-0.39, 0.29) is 0 Å². The average molecular weight is 323 g/mol. The molecule has 2 aromatic heterocycles. The predicted octanol–water partition coefficient (Wildman–Crippen LogP) is 1.50. The van der Waals surface area contributed by atoms with E-state index in [1.807, 2.05) is 12.3 Å². The summed E-state index contributed by atoms with van der Waals surface area (Å²) in [7, 11) is 0. The van der Waals surface area contributed by atoms with Crippen LogP contribution in [0.25, 0.3) is 0 Å². The van der Waals surface area contributed by atoms with Gasteiger partial charge in [0.15, 0.2) is 11.5 Å². The zero-order valence-corrected chi connectivity index (χ0v) is 13.8. The van der Waals surface area contributed by atoms with Gasteiger partial charge >= 0.3 is 0 Å². The molecule has 24 heavy (non-hydrogen) atoms. The molecule has 0 aromatic carbocycles. The van der Waals surface area contributed by atoms with Crippen LogP contribution in [-0.4, -0.2) is 52.6 Å². The summed E-state index contributed by atoms with van der Waals surface area (Å²) in [4.78, 5) is 17.5. The van der Waals surface area contributed by atoms with Crippen LogP contribution >= 0.6 is 0 Å². The Morgan fingerprint density at radius 3 is 2.58 bits per heavy atom. The second-order valence-electron chi connectivity index (χ2n) is 5.66. The van der Waals surface area contributed by atoms with Gasteiger partial charge in [-0.25, -0.2) is 15.0 Å². The van der Waals surface area contributed by atoms with Gasteiger partial charge in [-0.05, 0) is 18.2 Å². The summed E-state index contributed by atoms with van der Waals surface area (Å²) in [6, 6.07) is 6.15. The van der Waals surface area contributed by atoms with Gasteiger partial charge in [0.2, 0.25) is 0 Å². The molecule has 0 bridgehead atoms. The lowest BCUT2D eigenvalue weighted by Crippen LogP contribution is -2.46. The Hall–Kier alpha value is -2.72. The summed E-state index contributed by atoms with van der Waals surface area (Å²) >= 11 is 0. The number of nitriles is 1. The fourth-order valence-electron chi connectivity index (χ4n) is 2.74. The minimum atomic E-state index is 0.302. The Bertz CT molecular complexity index is 700. The SMILES string of the molecule is CCN1CCN(c2ccc(CNc3nccnc3C#N)cn2)CC1. The topological polar surface area (TPSA) is 81.0 Å². The van der Waals surface area contributed by atoms with Crippen LogP contribution in [0.1, 0.15) is 18.2 Å². The average Bonchev–Trinajstić information content (AvgIpc) is 2.67. The third kappa shape index (κ3) is 3.78. The van der Waals surface area contributed by atoms with Crippen LogP contribution in [0.3, 0.4) is 0 Å². The molecule has 0 aliphatic carbocycles. The van der Waals surface area contributed by atoms with Gasteiger partial charge in [-0.15, -0.1) is 0 Å². The Labute approximate surface area is 142 Å². The highest BCUT2D eigenvalue weighted by molar-refractivity contribution is 5.47. The van der Waals surface area contributed by atoms with E-state index in [0.717, 1.165) is 44.1 Å². The molecule has 1 aliphatic rings. The largest absolute Gasteiger partial charge is 0.364 e. The lowest BCUT2D eigenvalue weighted by molar-refractivity contribution is 0.270. The normalized spacial score (nSPS) is 15.1. The first-order chi connectivity index (χ1) is 11.8. The van der Waals surface area contributed by atoms with E-state index in [1.54, 1.807) is 6.20 Å². The number of nitrogens with one attached hydrogen (secondary N) is 1. The van der Waals surface area contributed by atoms with Crippen LogP contribution in [-0.2, 0) is 6.54 Å². The van der Waals surface area contributed by atoms with E-state index < -0.39 is 0 Å². The summed E-state index contributed by atoms with van der Waals surface area (Å²) in [6.07, 6.45) is 4.95. The van der Waals surface area contributed by atoms with E-state index in [9.17, 15) is 0 Å². The molecule has 7 nitrogen and oxygen atoms in total. The van der Waals surface area contributed by atoms with Crippen molar-refractivity contribution in [2.24, 2.45) is 0 Å². The van der Waals surface area contributed by atoms with Crippen LogP contribution in [0.2, 0.25) is 0 Å². The third-order valence-electron chi connectivity index (χ3n) is 4.22. The summed E-state index contributed by atoms with van der Waals surface area (Å²) in [5, 5.41) is 12.2. The van der Waals surface area contributed by atoms with Gasteiger partial charge in [0, 0.05) is 51.3 Å². The maximum Gasteiger partial charge on any atom is 0.182 e. The van der Waals surface area contributed by atoms with Crippen molar-refractivity contribution in [1.82, 2.24) is 19.9 Å². The molecule has 0 amide bonds. The maximum absolute atomic E-state index is 9.02. The van der Waals surface area contributed by atoms with Crippen molar-refractivity contribution in [2.45, 2.75) is 13.5 Å². The van der Waals surface area contributed by atoms with E-state index in [4.69, 9.17) is 5.26 Å². The predicted molar refractivity (Wildman–Crippen MR) is 92.6 cm³/mol. The number of nitrogens with zero attached hydrogens (tertiary/aromatic N) is 6. The highest BCUT2D eigenvalue weighted by atomic mass is 15.3. The molecule has 3 rings (SSSR count). The van der Waals surface area contributed by atoms with Crippen LogP contribution in [0.15, 0.2) is 30.7 Å². The van der Waals surface area contributed by atoms with Crippen molar-refractivity contribution in [3.63, 3.8) is 0 Å². The fraction of sp³-hybridized carbons (Fsp3) is 0.412. The molecule has 0 unspecified atom stereocenters. The minimum absolute atomic E-state index is 0.302. The van der Waals surface area contributed by atoms with Gasteiger partial charge in [0.05, 0.1) is 0 Å². The fourth-order valence-corrected chi connectivity index (χ4v) is 2.74. The number of hydrogen-bond acceptors (Lipinski definition) is 7. The molecule has 0 radical (unpaired) electrons. The van der Waals surface area contributed by atoms with Crippen molar-refractivity contribution >= 4 is 11.6 Å². The van der Waals surface area contributed by atoms with Gasteiger partial charge in [0.25, 0.3) is 0 Å². The smallest absolute Gasteiger partial charge is 0.182 e. The van der Waals surface area contributed by atoms with Gasteiger partial charge < -0.3 is 15.1 Å². The van der Waals surface area contributed by atoms with Gasteiger partial charge in [-0.1, -0.05) is 13.0 Å². The summed E-state index contributed by atoms with van der Waals surface area (Å²) in [6.45, 7) is 8.08. The minimum Gasteiger partial charge on any atom is -0.364 e. The Kier molecular flexibility index (Phi) is 5.18. The second kappa shape index (κ2) is 7.70. The number of likely N-dealkylation sites (N-methyl/N-ethyl adjacent to an activating group) is 1. The Morgan fingerprint density at radius 2 is 1.92 bits per heavy atom. The second-order valence-corrected chi connectivity index (χ2v) is 5.66. The molecule has 1 N–H and O–H groups in total. The number of piperazine rings is 1. The zero-order valence-electron chi connectivity index (χ0n) is 13.8. The molecular formula is C17H21N7.